The van der Waals surface area contributed by atoms with E-state index in [0.717, 1.165) is 17.5 Å². The van der Waals surface area contributed by atoms with Crippen molar-refractivity contribution in [1.29, 1.82) is 0 Å². The second-order valence-corrected chi connectivity index (χ2v) is 10.1. The van der Waals surface area contributed by atoms with Crippen molar-refractivity contribution < 1.29 is 8.42 Å². The number of aryl methyl sites for hydroxylation is 4. The van der Waals surface area contributed by atoms with Crippen LogP contribution in [0.3, 0.4) is 0 Å². The molecule has 35 heavy (non-hydrogen) atoms. The monoisotopic (exact) mass is 494 g/mol. The van der Waals surface area contributed by atoms with Gasteiger partial charge in [-0.2, -0.15) is 5.10 Å². The molecule has 13 heteroatoms. The molecule has 0 fully saturated rings. The van der Waals surface area contributed by atoms with Crippen LogP contribution in [0.25, 0.3) is 11.4 Å². The lowest BCUT2D eigenvalue weighted by molar-refractivity contribution is 0.600. The molecule has 1 aromatic carbocycles. The lowest BCUT2D eigenvalue weighted by Crippen LogP contribution is -2.25. The maximum Gasteiger partial charge on any atom is 0.232 e. The number of benzene rings is 1. The van der Waals surface area contributed by atoms with Crippen LogP contribution in [0.15, 0.2) is 36.7 Å². The summed E-state index contributed by atoms with van der Waals surface area (Å²) in [5.41, 5.74) is 2.53. The molecule has 0 amide bonds. The Labute approximate surface area is 203 Å². The van der Waals surface area contributed by atoms with Crippen LogP contribution in [0.4, 0.5) is 28.8 Å². The molecule has 0 saturated heterocycles. The minimum atomic E-state index is -3.54. The van der Waals surface area contributed by atoms with E-state index in [1.807, 2.05) is 26.0 Å². The fraction of sp³-hybridized carbons (Fsp3) is 0.273. The predicted octanol–water partition coefficient (Wildman–Crippen LogP) is 2.87. The zero-order valence-electron chi connectivity index (χ0n) is 20.3. The van der Waals surface area contributed by atoms with E-state index in [1.165, 1.54) is 17.7 Å². The van der Waals surface area contributed by atoms with E-state index in [9.17, 15) is 8.42 Å². The summed E-state index contributed by atoms with van der Waals surface area (Å²) in [6.45, 7) is 5.50. The largest absolute Gasteiger partial charge is 0.338 e. The number of aromatic nitrogens is 7. The molecule has 0 bridgehead atoms. The Balaban J connectivity index is 1.69. The molecule has 12 nitrogen and oxygen atoms in total. The normalized spacial score (nSPS) is 11.4. The van der Waals surface area contributed by atoms with E-state index < -0.39 is 10.0 Å². The third-order valence-electron chi connectivity index (χ3n) is 5.11. The lowest BCUT2D eigenvalue weighted by Gasteiger charge is -2.22. The van der Waals surface area contributed by atoms with E-state index >= 15 is 0 Å². The summed E-state index contributed by atoms with van der Waals surface area (Å²) in [7, 11) is -0.257. The third-order valence-corrected chi connectivity index (χ3v) is 6.31. The summed E-state index contributed by atoms with van der Waals surface area (Å²) >= 11 is 0. The van der Waals surface area contributed by atoms with Crippen molar-refractivity contribution in [2.75, 3.05) is 28.2 Å². The molecule has 0 unspecified atom stereocenters. The molecule has 3 aromatic heterocycles. The Bertz CT molecular complexity index is 1480. The van der Waals surface area contributed by atoms with Gasteiger partial charge in [-0.25, -0.2) is 38.0 Å². The van der Waals surface area contributed by atoms with Gasteiger partial charge in [0.25, 0.3) is 0 Å². The predicted molar refractivity (Wildman–Crippen MR) is 135 cm³/mol. The number of anilines is 5. The molecule has 2 N–H and O–H groups in total. The number of hydrogen-bond acceptors (Lipinski definition) is 10. The van der Waals surface area contributed by atoms with Crippen molar-refractivity contribution in [3.63, 3.8) is 0 Å². The molecule has 0 aliphatic heterocycles. The molecule has 3 heterocycles. The molecule has 0 saturated carbocycles. The van der Waals surface area contributed by atoms with Gasteiger partial charge in [0.1, 0.15) is 35.4 Å². The first-order valence-electron chi connectivity index (χ1n) is 10.6. The Kier molecular flexibility index (Phi) is 6.35. The summed E-state index contributed by atoms with van der Waals surface area (Å²) in [6.07, 6.45) is 2.55. The average Bonchev–Trinajstić information content (AvgIpc) is 3.10. The van der Waals surface area contributed by atoms with Gasteiger partial charge < -0.3 is 10.6 Å². The van der Waals surface area contributed by atoms with Gasteiger partial charge in [-0.1, -0.05) is 0 Å². The van der Waals surface area contributed by atoms with Gasteiger partial charge in [0.15, 0.2) is 5.82 Å². The summed E-state index contributed by atoms with van der Waals surface area (Å²) in [5.74, 6) is 3.49. The van der Waals surface area contributed by atoms with Crippen molar-refractivity contribution in [1.82, 2.24) is 34.7 Å². The zero-order chi connectivity index (χ0) is 25.3. The van der Waals surface area contributed by atoms with Crippen molar-refractivity contribution in [2.45, 2.75) is 20.8 Å². The van der Waals surface area contributed by atoms with Crippen LogP contribution in [0, 0.1) is 20.8 Å². The molecular weight excluding hydrogens is 468 g/mol. The van der Waals surface area contributed by atoms with Crippen LogP contribution >= 0.6 is 0 Å². The van der Waals surface area contributed by atoms with Gasteiger partial charge in [0.05, 0.1) is 17.6 Å². The number of hydrogen-bond donors (Lipinski definition) is 2. The maximum atomic E-state index is 12.4. The molecule has 0 radical (unpaired) electrons. The quantitative estimate of drug-likeness (QED) is 0.393. The van der Waals surface area contributed by atoms with E-state index in [-0.39, 0.29) is 0 Å². The van der Waals surface area contributed by atoms with Gasteiger partial charge in [-0.3, -0.25) is 4.31 Å². The molecule has 0 atom stereocenters. The number of nitrogens with one attached hydrogen (secondary N) is 2. The van der Waals surface area contributed by atoms with Crippen LogP contribution in [-0.4, -0.2) is 56.4 Å². The van der Waals surface area contributed by atoms with E-state index in [4.69, 9.17) is 0 Å². The smallest absolute Gasteiger partial charge is 0.232 e. The van der Waals surface area contributed by atoms with Gasteiger partial charge in [-0.15, -0.1) is 0 Å². The molecule has 0 aliphatic carbocycles. The fourth-order valence-corrected chi connectivity index (χ4v) is 4.03. The van der Waals surface area contributed by atoms with Crippen LogP contribution in [0.1, 0.15) is 17.3 Å². The van der Waals surface area contributed by atoms with Crippen LogP contribution in [0.5, 0.6) is 0 Å². The first-order valence-corrected chi connectivity index (χ1v) is 12.5. The fourth-order valence-electron chi connectivity index (χ4n) is 3.52. The van der Waals surface area contributed by atoms with E-state index in [0.29, 0.717) is 46.3 Å². The highest BCUT2D eigenvalue weighted by Gasteiger charge is 2.19. The van der Waals surface area contributed by atoms with Gasteiger partial charge >= 0.3 is 0 Å². The highest BCUT2D eigenvalue weighted by atomic mass is 32.2. The second-order valence-electron chi connectivity index (χ2n) is 8.05. The molecular formula is C22H26N10O2S. The number of rotatable bonds is 7. The Morgan fingerprint density at radius 3 is 2.23 bits per heavy atom. The maximum absolute atomic E-state index is 12.4. The third kappa shape index (κ3) is 5.51. The topological polar surface area (TPSA) is 144 Å². The lowest BCUT2D eigenvalue weighted by atomic mass is 10.1. The van der Waals surface area contributed by atoms with Crippen molar-refractivity contribution in [2.24, 2.45) is 7.05 Å². The van der Waals surface area contributed by atoms with Crippen LogP contribution in [0.2, 0.25) is 0 Å². The summed E-state index contributed by atoms with van der Waals surface area (Å²) in [5, 5.41) is 10.6. The molecule has 4 rings (SSSR count). The van der Waals surface area contributed by atoms with Crippen molar-refractivity contribution in [3.8, 4) is 11.4 Å². The molecule has 182 valence electrons. The van der Waals surface area contributed by atoms with Crippen LogP contribution in [-0.2, 0) is 17.1 Å². The number of nitrogens with zero attached hydrogens (tertiary/aromatic N) is 8. The zero-order valence-corrected chi connectivity index (χ0v) is 21.1. The standard InChI is InChI=1S/C22H26N10O2S/c1-13-9-21(26-14(2)25-13)29-20-11-19(23-12-24-20)28-17-8-7-16(22-27-15(3)30-31(22)4)10-18(17)32(5)35(6,33)34/h7-12H,1-6H3,(H2,23,24,25,26,28,29). The molecule has 0 spiro atoms. The molecule has 0 aliphatic rings. The minimum absolute atomic E-state index is 0.431. The molecule has 4 aromatic rings. The summed E-state index contributed by atoms with van der Waals surface area (Å²) in [4.78, 5) is 21.6. The van der Waals surface area contributed by atoms with Crippen molar-refractivity contribution >= 4 is 38.9 Å². The van der Waals surface area contributed by atoms with E-state index in [1.54, 1.807) is 36.9 Å². The highest BCUT2D eigenvalue weighted by Crippen LogP contribution is 2.33. The number of sulfonamides is 1. The van der Waals surface area contributed by atoms with Gasteiger partial charge in [0.2, 0.25) is 10.0 Å². The Hall–Kier alpha value is -4.13. The first-order chi connectivity index (χ1) is 16.5. The average molecular weight is 495 g/mol. The Morgan fingerprint density at radius 2 is 1.60 bits per heavy atom. The van der Waals surface area contributed by atoms with Gasteiger partial charge in [-0.05, 0) is 39.0 Å². The SMILES string of the molecule is Cc1cc(Nc2cc(Nc3ccc(-c4nc(C)nn4C)cc3N(C)S(C)(=O)=O)ncn2)nc(C)n1. The highest BCUT2D eigenvalue weighted by molar-refractivity contribution is 7.92. The summed E-state index contributed by atoms with van der Waals surface area (Å²) in [6, 6.07) is 8.89. The Morgan fingerprint density at radius 1 is 0.886 bits per heavy atom. The van der Waals surface area contributed by atoms with E-state index in [2.05, 4.69) is 40.7 Å². The second kappa shape index (κ2) is 9.25. The first kappa shape index (κ1) is 24.0. The van der Waals surface area contributed by atoms with Gasteiger partial charge in [0, 0.05) is 37.5 Å². The minimum Gasteiger partial charge on any atom is -0.338 e. The van der Waals surface area contributed by atoms with Crippen LogP contribution < -0.4 is 14.9 Å². The summed E-state index contributed by atoms with van der Waals surface area (Å²) < 4.78 is 27.6. The van der Waals surface area contributed by atoms with Crippen molar-refractivity contribution in [3.05, 3.63) is 54.0 Å².